The topological polar surface area (TPSA) is 53.0 Å². The zero-order chi connectivity index (χ0) is 18.3. The summed E-state index contributed by atoms with van der Waals surface area (Å²) >= 11 is 0. The average Bonchev–Trinajstić information content (AvgIpc) is 3.40. The van der Waals surface area contributed by atoms with E-state index in [0.717, 1.165) is 31.5 Å². The SMILES string of the molecule is CC(C)c1ccc(S(=O)(=O)N2CC(C3CC3)N=C2N2CCCCC2)cc1. The van der Waals surface area contributed by atoms with Crippen molar-refractivity contribution >= 4 is 16.0 Å². The Kier molecular flexibility index (Phi) is 4.71. The van der Waals surface area contributed by atoms with Gasteiger partial charge in [0.15, 0.2) is 0 Å². The predicted molar refractivity (Wildman–Crippen MR) is 104 cm³/mol. The van der Waals surface area contributed by atoms with Crippen LogP contribution in [-0.4, -0.2) is 49.3 Å². The van der Waals surface area contributed by atoms with Crippen molar-refractivity contribution in [3.05, 3.63) is 29.8 Å². The number of aliphatic imine (C=N–C) groups is 1. The Morgan fingerprint density at radius 3 is 2.27 bits per heavy atom. The maximum Gasteiger partial charge on any atom is 0.266 e. The van der Waals surface area contributed by atoms with Gasteiger partial charge in [0.25, 0.3) is 10.0 Å². The van der Waals surface area contributed by atoms with Crippen LogP contribution in [-0.2, 0) is 10.0 Å². The van der Waals surface area contributed by atoms with E-state index in [1.165, 1.54) is 19.3 Å². The summed E-state index contributed by atoms with van der Waals surface area (Å²) in [4.78, 5) is 7.45. The van der Waals surface area contributed by atoms with E-state index < -0.39 is 10.0 Å². The van der Waals surface area contributed by atoms with E-state index in [9.17, 15) is 8.42 Å². The number of piperidine rings is 1. The van der Waals surface area contributed by atoms with Crippen LogP contribution in [0.4, 0.5) is 0 Å². The first kappa shape index (κ1) is 17.8. The van der Waals surface area contributed by atoms with Gasteiger partial charge < -0.3 is 4.90 Å². The molecule has 3 aliphatic rings. The highest BCUT2D eigenvalue weighted by Crippen LogP contribution is 2.38. The highest BCUT2D eigenvalue weighted by Gasteiger charge is 2.43. The van der Waals surface area contributed by atoms with Crippen LogP contribution >= 0.6 is 0 Å². The highest BCUT2D eigenvalue weighted by molar-refractivity contribution is 7.89. The number of hydrogen-bond donors (Lipinski definition) is 0. The van der Waals surface area contributed by atoms with Crippen molar-refractivity contribution in [1.29, 1.82) is 0 Å². The van der Waals surface area contributed by atoms with Gasteiger partial charge in [-0.05, 0) is 61.6 Å². The summed E-state index contributed by atoms with van der Waals surface area (Å²) in [6, 6.07) is 7.51. The van der Waals surface area contributed by atoms with Crippen LogP contribution in [0, 0.1) is 5.92 Å². The molecule has 26 heavy (non-hydrogen) atoms. The van der Waals surface area contributed by atoms with E-state index in [0.29, 0.717) is 29.2 Å². The van der Waals surface area contributed by atoms with E-state index in [-0.39, 0.29) is 6.04 Å². The van der Waals surface area contributed by atoms with Gasteiger partial charge in [0.2, 0.25) is 5.96 Å². The van der Waals surface area contributed by atoms with E-state index in [4.69, 9.17) is 4.99 Å². The van der Waals surface area contributed by atoms with Crippen molar-refractivity contribution in [1.82, 2.24) is 9.21 Å². The molecule has 5 nitrogen and oxygen atoms in total. The maximum atomic E-state index is 13.4. The lowest BCUT2D eigenvalue weighted by atomic mass is 10.0. The maximum absolute atomic E-state index is 13.4. The van der Waals surface area contributed by atoms with E-state index in [2.05, 4.69) is 18.7 Å². The Morgan fingerprint density at radius 2 is 1.69 bits per heavy atom. The smallest absolute Gasteiger partial charge is 0.266 e. The van der Waals surface area contributed by atoms with Gasteiger partial charge in [-0.15, -0.1) is 0 Å². The molecule has 0 radical (unpaired) electrons. The molecular weight excluding hydrogens is 346 g/mol. The van der Waals surface area contributed by atoms with Crippen molar-refractivity contribution in [2.75, 3.05) is 19.6 Å². The average molecular weight is 376 g/mol. The lowest BCUT2D eigenvalue weighted by molar-refractivity contribution is 0.320. The number of sulfonamides is 1. The number of nitrogens with zero attached hydrogens (tertiary/aromatic N) is 3. The molecule has 1 unspecified atom stereocenters. The Labute approximate surface area is 157 Å². The van der Waals surface area contributed by atoms with E-state index in [1.807, 2.05) is 12.1 Å². The van der Waals surface area contributed by atoms with Crippen molar-refractivity contribution < 1.29 is 8.42 Å². The van der Waals surface area contributed by atoms with Gasteiger partial charge >= 0.3 is 0 Å². The Bertz CT molecular complexity index is 776. The molecule has 1 aromatic carbocycles. The first-order valence-electron chi connectivity index (χ1n) is 9.92. The van der Waals surface area contributed by atoms with Crippen molar-refractivity contribution in [3.63, 3.8) is 0 Å². The molecule has 142 valence electrons. The number of likely N-dealkylation sites (tertiary alicyclic amines) is 1. The molecule has 0 spiro atoms. The van der Waals surface area contributed by atoms with Crippen molar-refractivity contribution in [3.8, 4) is 0 Å². The lowest BCUT2D eigenvalue weighted by Crippen LogP contribution is -2.47. The quantitative estimate of drug-likeness (QED) is 0.810. The minimum atomic E-state index is -3.56. The summed E-state index contributed by atoms with van der Waals surface area (Å²) in [6.07, 6.45) is 5.81. The van der Waals surface area contributed by atoms with Gasteiger partial charge in [-0.2, -0.15) is 0 Å². The van der Waals surface area contributed by atoms with Crippen LogP contribution in [0.1, 0.15) is 57.4 Å². The van der Waals surface area contributed by atoms with Gasteiger partial charge in [0.1, 0.15) is 0 Å². The van der Waals surface area contributed by atoms with Gasteiger partial charge in [-0.3, -0.25) is 0 Å². The molecule has 1 saturated carbocycles. The van der Waals surface area contributed by atoms with E-state index >= 15 is 0 Å². The lowest BCUT2D eigenvalue weighted by Gasteiger charge is -2.33. The minimum absolute atomic E-state index is 0.136. The normalized spacial score (nSPS) is 24.3. The third kappa shape index (κ3) is 3.36. The Hall–Kier alpha value is -1.56. The summed E-state index contributed by atoms with van der Waals surface area (Å²) in [5, 5.41) is 0. The summed E-state index contributed by atoms with van der Waals surface area (Å²) in [5.74, 6) is 1.65. The zero-order valence-corrected chi connectivity index (χ0v) is 16.6. The fraction of sp³-hybridized carbons (Fsp3) is 0.650. The van der Waals surface area contributed by atoms with Gasteiger partial charge in [-0.25, -0.2) is 17.7 Å². The largest absolute Gasteiger partial charge is 0.342 e. The number of guanidine groups is 1. The molecular formula is C20H29N3O2S. The van der Waals surface area contributed by atoms with Crippen molar-refractivity contribution in [2.45, 2.75) is 62.8 Å². The fourth-order valence-electron chi connectivity index (χ4n) is 3.93. The van der Waals surface area contributed by atoms with Gasteiger partial charge in [0, 0.05) is 13.1 Å². The molecule has 0 N–H and O–H groups in total. The molecule has 1 atom stereocenters. The number of rotatable bonds is 4. The molecule has 4 rings (SSSR count). The second-order valence-electron chi connectivity index (χ2n) is 8.14. The fourth-order valence-corrected chi connectivity index (χ4v) is 5.39. The van der Waals surface area contributed by atoms with Crippen LogP contribution in [0.15, 0.2) is 34.2 Å². The molecule has 2 fully saturated rings. The molecule has 0 aromatic heterocycles. The standard InChI is InChI=1S/C20H29N3O2S/c1-15(2)16-8-10-18(11-9-16)26(24,25)23-14-19(17-6-7-17)21-20(23)22-12-4-3-5-13-22/h8-11,15,17,19H,3-7,12-14H2,1-2H3. The Balaban J connectivity index is 1.63. The minimum Gasteiger partial charge on any atom is -0.342 e. The first-order chi connectivity index (χ1) is 12.5. The number of hydrogen-bond acceptors (Lipinski definition) is 4. The number of benzene rings is 1. The van der Waals surface area contributed by atoms with Crippen LogP contribution in [0.5, 0.6) is 0 Å². The molecule has 0 amide bonds. The second-order valence-corrected chi connectivity index (χ2v) is 10.0. The van der Waals surface area contributed by atoms with Crippen LogP contribution in [0.25, 0.3) is 0 Å². The summed E-state index contributed by atoms with van der Waals surface area (Å²) in [6.45, 7) is 6.56. The molecule has 2 aliphatic heterocycles. The van der Waals surface area contributed by atoms with Gasteiger partial charge in [-0.1, -0.05) is 26.0 Å². The van der Waals surface area contributed by atoms with E-state index in [1.54, 1.807) is 16.4 Å². The summed E-state index contributed by atoms with van der Waals surface area (Å²) in [5.41, 5.74) is 1.16. The Morgan fingerprint density at radius 1 is 1.04 bits per heavy atom. The molecule has 1 saturated heterocycles. The first-order valence-corrected chi connectivity index (χ1v) is 11.4. The second kappa shape index (κ2) is 6.87. The highest BCUT2D eigenvalue weighted by atomic mass is 32.2. The summed E-state index contributed by atoms with van der Waals surface area (Å²) in [7, 11) is -3.56. The molecule has 2 heterocycles. The summed E-state index contributed by atoms with van der Waals surface area (Å²) < 4.78 is 28.3. The van der Waals surface area contributed by atoms with Crippen LogP contribution in [0.3, 0.4) is 0 Å². The zero-order valence-electron chi connectivity index (χ0n) is 15.8. The van der Waals surface area contributed by atoms with Crippen molar-refractivity contribution in [2.24, 2.45) is 10.9 Å². The molecule has 1 aliphatic carbocycles. The predicted octanol–water partition coefficient (Wildman–Crippen LogP) is 3.43. The molecule has 1 aromatic rings. The van der Waals surface area contributed by atoms with Gasteiger partial charge in [0.05, 0.1) is 17.5 Å². The van der Waals surface area contributed by atoms with Crippen LogP contribution < -0.4 is 0 Å². The van der Waals surface area contributed by atoms with Crippen LogP contribution in [0.2, 0.25) is 0 Å². The molecule has 0 bridgehead atoms. The monoisotopic (exact) mass is 375 g/mol. The third-order valence-corrected chi connectivity index (χ3v) is 7.56. The third-order valence-electron chi connectivity index (χ3n) is 5.80. The molecule has 6 heteroatoms.